The maximum absolute atomic E-state index is 10.1. The van der Waals surface area contributed by atoms with Gasteiger partial charge in [0.1, 0.15) is 0 Å². The molecule has 0 aliphatic rings. The largest absolute Gasteiger partial charge is 0.388 e. The molecule has 1 aromatic carbocycles. The highest BCUT2D eigenvalue weighted by atomic mass is 79.9. The molecule has 0 fully saturated rings. The molecule has 0 radical (unpaired) electrons. The summed E-state index contributed by atoms with van der Waals surface area (Å²) in [6, 6.07) is 9.42. The Morgan fingerprint density at radius 1 is 1.33 bits per heavy atom. The molecule has 2 nitrogen and oxygen atoms in total. The van der Waals surface area contributed by atoms with Gasteiger partial charge in [-0.1, -0.05) is 23.7 Å². The summed E-state index contributed by atoms with van der Waals surface area (Å²) in [6.07, 6.45) is 1.62. The van der Waals surface area contributed by atoms with E-state index >= 15 is 0 Å². The topological polar surface area (TPSA) is 33.1 Å². The second-order valence-electron chi connectivity index (χ2n) is 4.20. The van der Waals surface area contributed by atoms with Gasteiger partial charge in [0.05, 0.1) is 6.10 Å². The Hall–Kier alpha value is -0.900. The lowest BCUT2D eigenvalue weighted by Gasteiger charge is -2.11. The minimum atomic E-state index is -0.586. The number of aryl methyl sites for hydroxylation is 1. The van der Waals surface area contributed by atoms with Crippen molar-refractivity contribution in [3.63, 3.8) is 0 Å². The van der Waals surface area contributed by atoms with E-state index in [0.29, 0.717) is 11.4 Å². The lowest BCUT2D eigenvalue weighted by molar-refractivity contribution is 0.177. The molecule has 2 rings (SSSR count). The van der Waals surface area contributed by atoms with Gasteiger partial charge in [0.25, 0.3) is 0 Å². The molecule has 0 saturated carbocycles. The fourth-order valence-electron chi connectivity index (χ4n) is 1.66. The Labute approximate surface area is 120 Å². The Morgan fingerprint density at radius 3 is 2.72 bits per heavy atom. The quantitative estimate of drug-likeness (QED) is 0.922. The molecule has 1 heterocycles. The van der Waals surface area contributed by atoms with Crippen LogP contribution in [0.25, 0.3) is 0 Å². The van der Waals surface area contributed by atoms with Crippen molar-refractivity contribution in [3.05, 3.63) is 62.8 Å². The van der Waals surface area contributed by atoms with Crippen LogP contribution in [0.1, 0.15) is 22.9 Å². The summed E-state index contributed by atoms with van der Waals surface area (Å²) in [5, 5.41) is 10.8. The van der Waals surface area contributed by atoms with Crippen molar-refractivity contribution in [1.82, 2.24) is 4.98 Å². The first-order chi connectivity index (χ1) is 8.56. The van der Waals surface area contributed by atoms with Crippen molar-refractivity contribution in [2.75, 3.05) is 0 Å². The maximum Gasteiger partial charge on any atom is 0.0845 e. The molecule has 2 aromatic rings. The summed E-state index contributed by atoms with van der Waals surface area (Å²) in [4.78, 5) is 4.24. The second-order valence-corrected chi connectivity index (χ2v) is 5.52. The van der Waals surface area contributed by atoms with Crippen LogP contribution in [-0.4, -0.2) is 10.1 Å². The van der Waals surface area contributed by atoms with E-state index in [9.17, 15) is 5.11 Å². The van der Waals surface area contributed by atoms with Gasteiger partial charge in [0.2, 0.25) is 0 Å². The van der Waals surface area contributed by atoms with Crippen LogP contribution in [-0.2, 0) is 6.42 Å². The normalized spacial score (nSPS) is 12.4. The molecular weight excluding hydrogens is 314 g/mol. The highest BCUT2D eigenvalue weighted by Gasteiger charge is 2.10. The van der Waals surface area contributed by atoms with E-state index in [2.05, 4.69) is 20.9 Å². The first kappa shape index (κ1) is 13.5. The Bertz CT molecular complexity index is 542. The summed E-state index contributed by atoms with van der Waals surface area (Å²) in [6.45, 7) is 1.94. The van der Waals surface area contributed by atoms with E-state index in [1.807, 2.05) is 31.2 Å². The molecule has 0 aliphatic heterocycles. The summed E-state index contributed by atoms with van der Waals surface area (Å²) >= 11 is 9.38. The van der Waals surface area contributed by atoms with Crippen LogP contribution in [0.2, 0.25) is 5.02 Å². The third-order valence-corrected chi connectivity index (χ3v) is 3.65. The zero-order valence-corrected chi connectivity index (χ0v) is 12.2. The second kappa shape index (κ2) is 5.83. The van der Waals surface area contributed by atoms with Crippen LogP contribution in [0.4, 0.5) is 0 Å². The van der Waals surface area contributed by atoms with Crippen molar-refractivity contribution in [3.8, 4) is 0 Å². The Morgan fingerprint density at radius 2 is 2.11 bits per heavy atom. The average Bonchev–Trinajstić information content (AvgIpc) is 2.35. The maximum atomic E-state index is 10.1. The van der Waals surface area contributed by atoms with Gasteiger partial charge in [0.15, 0.2) is 0 Å². The van der Waals surface area contributed by atoms with Crippen LogP contribution in [0.15, 0.2) is 41.0 Å². The number of benzene rings is 1. The first-order valence-electron chi connectivity index (χ1n) is 5.61. The van der Waals surface area contributed by atoms with E-state index in [1.54, 1.807) is 12.3 Å². The van der Waals surface area contributed by atoms with Crippen LogP contribution >= 0.6 is 27.5 Å². The number of aliphatic hydroxyl groups excluding tert-OH is 1. The van der Waals surface area contributed by atoms with Crippen molar-refractivity contribution in [1.29, 1.82) is 0 Å². The van der Waals surface area contributed by atoms with E-state index in [1.165, 1.54) is 0 Å². The standard InChI is InChI=1S/C14H13BrClNO/c1-9-2-3-10(6-13(9)16)14(18)7-12-5-4-11(15)8-17-12/h2-6,8,14,18H,7H2,1H3. The summed E-state index contributed by atoms with van der Waals surface area (Å²) in [7, 11) is 0. The van der Waals surface area contributed by atoms with Gasteiger partial charge >= 0.3 is 0 Å². The lowest BCUT2D eigenvalue weighted by atomic mass is 10.0. The third-order valence-electron chi connectivity index (χ3n) is 2.77. The molecule has 4 heteroatoms. The molecule has 1 unspecified atom stereocenters. The number of aromatic nitrogens is 1. The molecule has 0 saturated heterocycles. The Kier molecular flexibility index (Phi) is 4.38. The fourth-order valence-corrected chi connectivity index (χ4v) is 2.08. The zero-order chi connectivity index (χ0) is 13.1. The van der Waals surface area contributed by atoms with E-state index < -0.39 is 6.10 Å². The molecule has 1 atom stereocenters. The van der Waals surface area contributed by atoms with Crippen molar-refractivity contribution in [2.45, 2.75) is 19.4 Å². The minimum Gasteiger partial charge on any atom is -0.388 e. The van der Waals surface area contributed by atoms with Gasteiger partial charge < -0.3 is 5.11 Å². The predicted molar refractivity (Wildman–Crippen MR) is 76.8 cm³/mol. The highest BCUT2D eigenvalue weighted by molar-refractivity contribution is 9.10. The summed E-state index contributed by atoms with van der Waals surface area (Å²) in [5.41, 5.74) is 2.67. The first-order valence-corrected chi connectivity index (χ1v) is 6.78. The SMILES string of the molecule is Cc1ccc(C(O)Cc2ccc(Br)cn2)cc1Cl. The third kappa shape index (κ3) is 3.31. The molecule has 94 valence electrons. The van der Waals surface area contributed by atoms with E-state index in [-0.39, 0.29) is 0 Å². The van der Waals surface area contributed by atoms with Gasteiger partial charge in [-0.25, -0.2) is 0 Å². The lowest BCUT2D eigenvalue weighted by Crippen LogP contribution is -2.03. The molecule has 0 spiro atoms. The number of pyridine rings is 1. The predicted octanol–water partition coefficient (Wildman–Crippen LogP) is 4.08. The van der Waals surface area contributed by atoms with Gasteiger partial charge in [-0.2, -0.15) is 0 Å². The number of hydrogen-bond acceptors (Lipinski definition) is 2. The summed E-state index contributed by atoms with van der Waals surface area (Å²) < 4.78 is 0.930. The molecule has 1 aromatic heterocycles. The van der Waals surface area contributed by atoms with Gasteiger partial charge in [0, 0.05) is 27.8 Å². The van der Waals surface area contributed by atoms with Gasteiger partial charge in [-0.15, -0.1) is 0 Å². The van der Waals surface area contributed by atoms with Gasteiger partial charge in [-0.05, 0) is 52.2 Å². The smallest absolute Gasteiger partial charge is 0.0845 e. The molecule has 0 amide bonds. The molecule has 18 heavy (non-hydrogen) atoms. The number of nitrogens with zero attached hydrogens (tertiary/aromatic N) is 1. The number of rotatable bonds is 3. The van der Waals surface area contributed by atoms with E-state index in [4.69, 9.17) is 11.6 Å². The highest BCUT2D eigenvalue weighted by Crippen LogP contribution is 2.23. The van der Waals surface area contributed by atoms with Crippen molar-refractivity contribution >= 4 is 27.5 Å². The monoisotopic (exact) mass is 325 g/mol. The van der Waals surface area contributed by atoms with Crippen LogP contribution in [0, 0.1) is 6.92 Å². The molecule has 0 aliphatic carbocycles. The number of hydrogen-bond donors (Lipinski definition) is 1. The number of halogens is 2. The van der Waals surface area contributed by atoms with E-state index in [0.717, 1.165) is 21.3 Å². The number of aliphatic hydroxyl groups is 1. The minimum absolute atomic E-state index is 0.479. The molecule has 0 bridgehead atoms. The molecule has 1 N–H and O–H groups in total. The fraction of sp³-hybridized carbons (Fsp3) is 0.214. The van der Waals surface area contributed by atoms with Crippen LogP contribution in [0.3, 0.4) is 0 Å². The van der Waals surface area contributed by atoms with Crippen molar-refractivity contribution in [2.24, 2.45) is 0 Å². The average molecular weight is 327 g/mol. The zero-order valence-electron chi connectivity index (χ0n) is 9.90. The molecular formula is C14H13BrClNO. The summed E-state index contributed by atoms with van der Waals surface area (Å²) in [5.74, 6) is 0. The van der Waals surface area contributed by atoms with Crippen LogP contribution < -0.4 is 0 Å². The van der Waals surface area contributed by atoms with Gasteiger partial charge in [-0.3, -0.25) is 4.98 Å². The van der Waals surface area contributed by atoms with Crippen LogP contribution in [0.5, 0.6) is 0 Å². The Balaban J connectivity index is 2.13. The van der Waals surface area contributed by atoms with Crippen molar-refractivity contribution < 1.29 is 5.11 Å².